The van der Waals surface area contributed by atoms with Gasteiger partial charge < -0.3 is 5.73 Å². The minimum atomic E-state index is -3.49. The van der Waals surface area contributed by atoms with Crippen molar-refractivity contribution >= 4 is 34.0 Å². The molecule has 0 aliphatic rings. The maximum absolute atomic E-state index is 11.8. The molecule has 0 spiro atoms. The molecular formula is C10H16Cl2N2O2S. The van der Waals surface area contributed by atoms with Crippen LogP contribution in [0.5, 0.6) is 0 Å². The fourth-order valence-corrected chi connectivity index (χ4v) is 2.81. The maximum atomic E-state index is 11.8. The lowest BCUT2D eigenvalue weighted by atomic mass is 10.3. The van der Waals surface area contributed by atoms with Crippen LogP contribution in [0.4, 0.5) is 0 Å². The number of halogens is 2. The molecule has 0 saturated carbocycles. The second-order valence-electron chi connectivity index (χ2n) is 3.32. The Morgan fingerprint density at radius 1 is 1.24 bits per heavy atom. The third-order valence-corrected chi connectivity index (χ3v) is 4.01. The van der Waals surface area contributed by atoms with Gasteiger partial charge in [-0.2, -0.15) is 0 Å². The van der Waals surface area contributed by atoms with Gasteiger partial charge in [0.1, 0.15) is 4.90 Å². The zero-order valence-electron chi connectivity index (χ0n) is 9.23. The van der Waals surface area contributed by atoms with Crippen LogP contribution in [0, 0.1) is 0 Å². The molecule has 98 valence electrons. The van der Waals surface area contributed by atoms with Gasteiger partial charge in [0.05, 0.1) is 5.02 Å². The molecule has 0 unspecified atom stereocenters. The monoisotopic (exact) mass is 298 g/mol. The van der Waals surface area contributed by atoms with Crippen LogP contribution in [0.15, 0.2) is 29.2 Å². The first-order valence-electron chi connectivity index (χ1n) is 5.02. The molecule has 4 nitrogen and oxygen atoms in total. The van der Waals surface area contributed by atoms with Crippen molar-refractivity contribution in [1.82, 2.24) is 4.72 Å². The summed E-state index contributed by atoms with van der Waals surface area (Å²) in [6, 6.07) is 6.36. The highest BCUT2D eigenvalue weighted by Gasteiger charge is 2.15. The fourth-order valence-electron chi connectivity index (χ4n) is 1.22. The summed E-state index contributed by atoms with van der Waals surface area (Å²) in [5.41, 5.74) is 5.32. The molecule has 0 aliphatic carbocycles. The summed E-state index contributed by atoms with van der Waals surface area (Å²) in [5, 5.41) is 0.230. The van der Waals surface area contributed by atoms with E-state index in [1.165, 1.54) is 6.07 Å². The van der Waals surface area contributed by atoms with Gasteiger partial charge in [-0.05, 0) is 31.5 Å². The molecule has 0 radical (unpaired) electrons. The van der Waals surface area contributed by atoms with Gasteiger partial charge in [-0.3, -0.25) is 0 Å². The summed E-state index contributed by atoms with van der Waals surface area (Å²) in [5.74, 6) is 0. The Hall–Kier alpha value is -0.330. The van der Waals surface area contributed by atoms with Gasteiger partial charge >= 0.3 is 0 Å². The van der Waals surface area contributed by atoms with Crippen molar-refractivity contribution in [2.24, 2.45) is 5.73 Å². The summed E-state index contributed by atoms with van der Waals surface area (Å²) >= 11 is 5.81. The van der Waals surface area contributed by atoms with Crippen LogP contribution in [-0.2, 0) is 10.0 Å². The Labute approximate surface area is 113 Å². The molecule has 7 heteroatoms. The van der Waals surface area contributed by atoms with Crippen molar-refractivity contribution in [1.29, 1.82) is 0 Å². The van der Waals surface area contributed by atoms with Crippen molar-refractivity contribution in [3.05, 3.63) is 29.3 Å². The molecule has 0 bridgehead atoms. The average Bonchev–Trinajstić information content (AvgIpc) is 2.25. The first kappa shape index (κ1) is 16.7. The van der Waals surface area contributed by atoms with E-state index in [-0.39, 0.29) is 22.3 Å². The molecule has 1 rings (SSSR count). The van der Waals surface area contributed by atoms with Gasteiger partial charge in [-0.15, -0.1) is 12.4 Å². The standard InChI is InChI=1S/C10H15ClN2O2S.ClH/c11-9-5-1-2-6-10(9)16(14,15)13-8-4-3-7-12;/h1-2,5-6,13H,3-4,7-8,12H2;1H. The van der Waals surface area contributed by atoms with Gasteiger partial charge in [0.25, 0.3) is 0 Å². The smallest absolute Gasteiger partial charge is 0.242 e. The largest absolute Gasteiger partial charge is 0.330 e. The lowest BCUT2D eigenvalue weighted by Crippen LogP contribution is -2.25. The Morgan fingerprint density at radius 3 is 2.47 bits per heavy atom. The molecule has 1 aromatic carbocycles. The zero-order chi connectivity index (χ0) is 12.0. The number of nitrogens with two attached hydrogens (primary N) is 1. The number of nitrogens with one attached hydrogen (secondary N) is 1. The quantitative estimate of drug-likeness (QED) is 0.786. The fraction of sp³-hybridized carbons (Fsp3) is 0.400. The number of sulfonamides is 1. The molecule has 1 aromatic rings. The Morgan fingerprint density at radius 2 is 1.88 bits per heavy atom. The van der Waals surface area contributed by atoms with Crippen molar-refractivity contribution in [3.8, 4) is 0 Å². The third kappa shape index (κ3) is 5.23. The third-order valence-electron chi connectivity index (χ3n) is 2.05. The number of hydrogen-bond donors (Lipinski definition) is 2. The summed E-state index contributed by atoms with van der Waals surface area (Å²) in [6.07, 6.45) is 1.52. The first-order valence-corrected chi connectivity index (χ1v) is 6.88. The van der Waals surface area contributed by atoms with Gasteiger partial charge in [-0.25, -0.2) is 13.1 Å². The van der Waals surface area contributed by atoms with Crippen molar-refractivity contribution < 1.29 is 8.42 Å². The van der Waals surface area contributed by atoms with Crippen LogP contribution in [0.1, 0.15) is 12.8 Å². The van der Waals surface area contributed by atoms with Gasteiger partial charge in [0.2, 0.25) is 10.0 Å². The van der Waals surface area contributed by atoms with E-state index in [9.17, 15) is 8.42 Å². The molecular weight excluding hydrogens is 283 g/mol. The Kier molecular flexibility index (Phi) is 7.74. The van der Waals surface area contributed by atoms with Crippen LogP contribution >= 0.6 is 24.0 Å². The second-order valence-corrected chi connectivity index (χ2v) is 5.47. The van der Waals surface area contributed by atoms with E-state index in [4.69, 9.17) is 17.3 Å². The average molecular weight is 299 g/mol. The molecule has 0 fully saturated rings. The molecule has 0 atom stereocenters. The van der Waals surface area contributed by atoms with E-state index in [0.717, 1.165) is 12.8 Å². The molecule has 0 amide bonds. The topological polar surface area (TPSA) is 72.2 Å². The zero-order valence-corrected chi connectivity index (χ0v) is 11.6. The Bertz CT molecular complexity index is 438. The van der Waals surface area contributed by atoms with E-state index in [1.807, 2.05) is 0 Å². The molecule has 3 N–H and O–H groups in total. The van der Waals surface area contributed by atoms with Crippen LogP contribution in [0.2, 0.25) is 5.02 Å². The summed E-state index contributed by atoms with van der Waals surface area (Å²) in [7, 11) is -3.49. The van der Waals surface area contributed by atoms with Crippen molar-refractivity contribution in [2.45, 2.75) is 17.7 Å². The van der Waals surface area contributed by atoms with E-state index < -0.39 is 10.0 Å². The molecule has 0 saturated heterocycles. The SMILES string of the molecule is Cl.NCCCCNS(=O)(=O)c1ccccc1Cl. The second kappa shape index (κ2) is 7.89. The lowest BCUT2D eigenvalue weighted by Gasteiger charge is -2.07. The van der Waals surface area contributed by atoms with Crippen molar-refractivity contribution in [3.63, 3.8) is 0 Å². The molecule has 0 aromatic heterocycles. The van der Waals surface area contributed by atoms with Gasteiger partial charge in [0.15, 0.2) is 0 Å². The van der Waals surface area contributed by atoms with Crippen molar-refractivity contribution in [2.75, 3.05) is 13.1 Å². The van der Waals surface area contributed by atoms with Crippen LogP contribution in [-0.4, -0.2) is 21.5 Å². The first-order chi connectivity index (χ1) is 7.58. The molecule has 0 heterocycles. The number of benzene rings is 1. The summed E-state index contributed by atoms with van der Waals surface area (Å²) < 4.78 is 26.1. The maximum Gasteiger partial charge on any atom is 0.242 e. The highest BCUT2D eigenvalue weighted by molar-refractivity contribution is 7.89. The normalized spacial score (nSPS) is 10.9. The Balaban J connectivity index is 0.00000256. The summed E-state index contributed by atoms with van der Waals surface area (Å²) in [6.45, 7) is 0.943. The van der Waals surface area contributed by atoms with E-state index >= 15 is 0 Å². The van der Waals surface area contributed by atoms with E-state index in [2.05, 4.69) is 4.72 Å². The minimum Gasteiger partial charge on any atom is -0.330 e. The molecule has 17 heavy (non-hydrogen) atoms. The number of unbranched alkanes of at least 4 members (excludes halogenated alkanes) is 1. The highest BCUT2D eigenvalue weighted by Crippen LogP contribution is 2.19. The predicted molar refractivity (Wildman–Crippen MR) is 72.2 cm³/mol. The summed E-state index contributed by atoms with van der Waals surface area (Å²) in [4.78, 5) is 0.115. The van der Waals surface area contributed by atoms with Crippen LogP contribution in [0.25, 0.3) is 0 Å². The van der Waals surface area contributed by atoms with Gasteiger partial charge in [-0.1, -0.05) is 23.7 Å². The highest BCUT2D eigenvalue weighted by atomic mass is 35.5. The molecule has 0 aliphatic heterocycles. The minimum absolute atomic E-state index is 0. The number of rotatable bonds is 6. The lowest BCUT2D eigenvalue weighted by molar-refractivity contribution is 0.577. The predicted octanol–water partition coefficient (Wildman–Crippen LogP) is 1.78. The van der Waals surface area contributed by atoms with E-state index in [0.29, 0.717) is 13.1 Å². The van der Waals surface area contributed by atoms with E-state index in [1.54, 1.807) is 18.2 Å². The van der Waals surface area contributed by atoms with Crippen LogP contribution < -0.4 is 10.5 Å². The van der Waals surface area contributed by atoms with Gasteiger partial charge in [0, 0.05) is 6.54 Å². The number of hydrogen-bond acceptors (Lipinski definition) is 3. The van der Waals surface area contributed by atoms with Crippen LogP contribution in [0.3, 0.4) is 0 Å².